The fourth-order valence-corrected chi connectivity index (χ4v) is 6.27. The smallest absolute Gasteiger partial charge is 0.252 e. The van der Waals surface area contributed by atoms with Crippen LogP contribution in [0.5, 0.6) is 5.75 Å². The number of pyridine rings is 2. The fraction of sp³-hybridized carbons (Fsp3) is 0.364. The van der Waals surface area contributed by atoms with E-state index in [0.29, 0.717) is 16.1 Å². The SMILES string of the molecule is CC(C)(C)C1CCc2c(nc3sc4c(O)cc(=O)[nH]c4c3c2-c2cccs2)C1. The lowest BCUT2D eigenvalue weighted by atomic mass is 9.71. The quantitative estimate of drug-likeness (QED) is 0.421. The molecular weight excluding hydrogens is 388 g/mol. The molecule has 0 radical (unpaired) electrons. The lowest BCUT2D eigenvalue weighted by Gasteiger charge is -2.35. The van der Waals surface area contributed by atoms with Crippen molar-refractivity contribution in [3.05, 3.63) is 45.2 Å². The highest BCUT2D eigenvalue weighted by Crippen LogP contribution is 2.47. The molecule has 1 unspecified atom stereocenters. The fourth-order valence-electron chi connectivity index (χ4n) is 4.39. The lowest BCUT2D eigenvalue weighted by Crippen LogP contribution is -2.27. The third-order valence-corrected chi connectivity index (χ3v) is 7.94. The predicted octanol–water partition coefficient (Wildman–Crippen LogP) is 5.72. The molecule has 0 spiro atoms. The van der Waals surface area contributed by atoms with Crippen molar-refractivity contribution in [1.82, 2.24) is 9.97 Å². The number of hydrogen-bond acceptors (Lipinski definition) is 5. The van der Waals surface area contributed by atoms with Gasteiger partial charge in [0.15, 0.2) is 0 Å². The summed E-state index contributed by atoms with van der Waals surface area (Å²) in [6, 6.07) is 5.45. The van der Waals surface area contributed by atoms with Crippen LogP contribution in [0.1, 0.15) is 38.4 Å². The van der Waals surface area contributed by atoms with Gasteiger partial charge in [0.25, 0.3) is 5.56 Å². The topological polar surface area (TPSA) is 66.0 Å². The standard InChI is InChI=1S/C22H22N2O2S2/c1-22(2,3)11-6-7-12-13(9-11)23-21-18(17(12)15-5-4-8-27-15)19-20(28-21)14(25)10-16(26)24-19/h4-5,8,10-11H,6-7,9H2,1-3H3,(H2,24,25,26). The van der Waals surface area contributed by atoms with E-state index < -0.39 is 0 Å². The zero-order valence-electron chi connectivity index (χ0n) is 16.1. The average molecular weight is 411 g/mol. The van der Waals surface area contributed by atoms with E-state index >= 15 is 0 Å². The van der Waals surface area contributed by atoms with Crippen molar-refractivity contribution in [3.8, 4) is 16.2 Å². The van der Waals surface area contributed by atoms with Gasteiger partial charge >= 0.3 is 0 Å². The van der Waals surface area contributed by atoms with Crippen LogP contribution in [0.2, 0.25) is 0 Å². The first-order valence-corrected chi connectivity index (χ1v) is 11.3. The molecule has 28 heavy (non-hydrogen) atoms. The molecule has 0 amide bonds. The molecule has 144 valence electrons. The van der Waals surface area contributed by atoms with Crippen LogP contribution >= 0.6 is 22.7 Å². The minimum atomic E-state index is -0.285. The third kappa shape index (κ3) is 2.70. The molecule has 0 saturated heterocycles. The van der Waals surface area contributed by atoms with Crippen molar-refractivity contribution < 1.29 is 5.11 Å². The van der Waals surface area contributed by atoms with Crippen LogP contribution in [0.4, 0.5) is 0 Å². The second-order valence-electron chi connectivity index (χ2n) is 8.70. The lowest BCUT2D eigenvalue weighted by molar-refractivity contribution is 0.214. The summed E-state index contributed by atoms with van der Waals surface area (Å²) in [6.45, 7) is 6.93. The molecule has 0 saturated carbocycles. The summed E-state index contributed by atoms with van der Waals surface area (Å²) in [5.74, 6) is 0.633. The van der Waals surface area contributed by atoms with Gasteiger partial charge in [0.2, 0.25) is 0 Å². The number of aromatic nitrogens is 2. The van der Waals surface area contributed by atoms with Gasteiger partial charge in [0.1, 0.15) is 10.6 Å². The molecule has 5 rings (SSSR count). The van der Waals surface area contributed by atoms with Gasteiger partial charge in [0, 0.05) is 27.6 Å². The van der Waals surface area contributed by atoms with Crippen LogP contribution in [0.3, 0.4) is 0 Å². The van der Waals surface area contributed by atoms with Crippen LogP contribution in [0, 0.1) is 11.3 Å². The molecule has 4 aromatic rings. The number of thiophene rings is 2. The Morgan fingerprint density at radius 2 is 2.14 bits per heavy atom. The van der Waals surface area contributed by atoms with E-state index in [1.807, 2.05) is 0 Å². The van der Waals surface area contributed by atoms with Gasteiger partial charge in [-0.15, -0.1) is 22.7 Å². The molecule has 2 N–H and O–H groups in total. The number of H-pyrrole nitrogens is 1. The van der Waals surface area contributed by atoms with Gasteiger partial charge in [-0.25, -0.2) is 4.98 Å². The largest absolute Gasteiger partial charge is 0.506 e. The molecule has 0 aromatic carbocycles. The number of aromatic amines is 1. The average Bonchev–Trinajstić information content (AvgIpc) is 3.27. The van der Waals surface area contributed by atoms with E-state index in [4.69, 9.17) is 4.98 Å². The first-order chi connectivity index (χ1) is 13.3. The van der Waals surface area contributed by atoms with Gasteiger partial charge in [0.05, 0.1) is 10.2 Å². The molecule has 0 aliphatic heterocycles. The summed E-state index contributed by atoms with van der Waals surface area (Å²) in [4.78, 5) is 22.1. The van der Waals surface area contributed by atoms with Gasteiger partial charge in [-0.1, -0.05) is 26.8 Å². The van der Waals surface area contributed by atoms with E-state index in [2.05, 4.69) is 43.3 Å². The predicted molar refractivity (Wildman–Crippen MR) is 118 cm³/mol. The van der Waals surface area contributed by atoms with Gasteiger partial charge in [-0.2, -0.15) is 0 Å². The van der Waals surface area contributed by atoms with Crippen molar-refractivity contribution in [3.63, 3.8) is 0 Å². The number of nitrogens with one attached hydrogen (secondary N) is 1. The summed E-state index contributed by atoms with van der Waals surface area (Å²) < 4.78 is 0.703. The highest BCUT2D eigenvalue weighted by atomic mass is 32.1. The number of nitrogens with zero attached hydrogens (tertiary/aromatic N) is 1. The van der Waals surface area contributed by atoms with E-state index in [-0.39, 0.29) is 16.7 Å². The third-order valence-electron chi connectivity index (χ3n) is 5.95. The Morgan fingerprint density at radius 3 is 2.86 bits per heavy atom. The van der Waals surface area contributed by atoms with Gasteiger partial charge in [-0.3, -0.25) is 4.79 Å². The van der Waals surface area contributed by atoms with Crippen LogP contribution in [0.15, 0.2) is 28.4 Å². The molecule has 0 bridgehead atoms. The van der Waals surface area contributed by atoms with Crippen LogP contribution in [-0.4, -0.2) is 15.1 Å². The maximum Gasteiger partial charge on any atom is 0.252 e. The molecule has 1 atom stereocenters. The van der Waals surface area contributed by atoms with E-state index in [9.17, 15) is 9.90 Å². The Bertz CT molecular complexity index is 1260. The van der Waals surface area contributed by atoms with Gasteiger partial charge in [-0.05, 0) is 47.6 Å². The first-order valence-electron chi connectivity index (χ1n) is 9.57. The summed E-state index contributed by atoms with van der Waals surface area (Å²) >= 11 is 3.18. The zero-order chi connectivity index (χ0) is 19.6. The minimum absolute atomic E-state index is 0.0319. The van der Waals surface area contributed by atoms with E-state index in [0.717, 1.165) is 29.5 Å². The number of rotatable bonds is 1. The Kier molecular flexibility index (Phi) is 3.93. The van der Waals surface area contributed by atoms with Crippen LogP contribution in [-0.2, 0) is 12.8 Å². The Balaban J connectivity index is 1.87. The summed E-state index contributed by atoms with van der Waals surface area (Å²) in [7, 11) is 0. The van der Waals surface area contributed by atoms with E-state index in [1.54, 1.807) is 11.3 Å². The van der Waals surface area contributed by atoms with Crippen molar-refractivity contribution in [2.45, 2.75) is 40.0 Å². The molecular formula is C22H22N2O2S2. The highest BCUT2D eigenvalue weighted by molar-refractivity contribution is 7.26. The molecule has 4 nitrogen and oxygen atoms in total. The Labute approximate surface area is 170 Å². The van der Waals surface area contributed by atoms with Crippen molar-refractivity contribution in [2.75, 3.05) is 0 Å². The Morgan fingerprint density at radius 1 is 1.32 bits per heavy atom. The number of fused-ring (bicyclic) bond motifs is 4. The molecule has 1 aliphatic rings. The second-order valence-corrected chi connectivity index (χ2v) is 10.6. The normalized spacial score (nSPS) is 17.3. The zero-order valence-corrected chi connectivity index (χ0v) is 17.8. The second kappa shape index (κ2) is 6.16. The highest BCUT2D eigenvalue weighted by Gasteiger charge is 2.32. The summed E-state index contributed by atoms with van der Waals surface area (Å²) in [5, 5.41) is 13.4. The molecule has 4 heterocycles. The van der Waals surface area contributed by atoms with Gasteiger partial charge < -0.3 is 10.1 Å². The molecule has 0 fully saturated rings. The minimum Gasteiger partial charge on any atom is -0.506 e. The molecule has 6 heteroatoms. The van der Waals surface area contributed by atoms with Crippen LogP contribution in [0.25, 0.3) is 30.9 Å². The summed E-state index contributed by atoms with van der Waals surface area (Å²) in [5.41, 5.74) is 4.35. The van der Waals surface area contributed by atoms with E-state index in [1.165, 1.54) is 39.1 Å². The van der Waals surface area contributed by atoms with Crippen molar-refractivity contribution >= 4 is 43.1 Å². The molecule has 1 aliphatic carbocycles. The van der Waals surface area contributed by atoms with Crippen molar-refractivity contribution in [1.29, 1.82) is 0 Å². The monoisotopic (exact) mass is 410 g/mol. The molecule has 4 aromatic heterocycles. The number of aromatic hydroxyl groups is 1. The van der Waals surface area contributed by atoms with Crippen LogP contribution < -0.4 is 5.56 Å². The maximum atomic E-state index is 12.1. The summed E-state index contributed by atoms with van der Waals surface area (Å²) in [6.07, 6.45) is 3.11. The van der Waals surface area contributed by atoms with Crippen molar-refractivity contribution in [2.24, 2.45) is 11.3 Å². The Hall–Kier alpha value is -2.18. The number of hydrogen-bond donors (Lipinski definition) is 2. The maximum absolute atomic E-state index is 12.1. The first kappa shape index (κ1) is 17.9.